The SMILES string of the molecule is O=C1NC2(CO1)CN(C(=O)OC1CC(OCc3ccc(F)c(F)c3)C1)C2. The number of carbonyl (C=O) groups is 2. The molecule has 0 radical (unpaired) electrons. The highest BCUT2D eigenvalue weighted by Gasteiger charge is 2.52. The predicted molar refractivity (Wildman–Crippen MR) is 83.2 cm³/mol. The van der Waals surface area contributed by atoms with Gasteiger partial charge in [0.05, 0.1) is 25.8 Å². The van der Waals surface area contributed by atoms with Gasteiger partial charge >= 0.3 is 12.2 Å². The maximum atomic E-state index is 13.1. The molecule has 1 aliphatic carbocycles. The number of likely N-dealkylation sites (tertiary alicyclic amines) is 1. The van der Waals surface area contributed by atoms with Crippen molar-refractivity contribution in [1.29, 1.82) is 0 Å². The van der Waals surface area contributed by atoms with E-state index in [4.69, 9.17) is 14.2 Å². The second-order valence-electron chi connectivity index (χ2n) is 7.00. The lowest BCUT2D eigenvalue weighted by Crippen LogP contribution is -2.70. The van der Waals surface area contributed by atoms with Gasteiger partial charge in [-0.05, 0) is 17.7 Å². The lowest BCUT2D eigenvalue weighted by molar-refractivity contribution is -0.0928. The molecule has 4 rings (SSSR count). The van der Waals surface area contributed by atoms with E-state index in [9.17, 15) is 18.4 Å². The van der Waals surface area contributed by atoms with E-state index in [1.807, 2.05) is 0 Å². The number of hydrogen-bond donors (Lipinski definition) is 1. The highest BCUT2D eigenvalue weighted by Crippen LogP contribution is 2.30. The molecule has 0 unspecified atom stereocenters. The molecular weight excluding hydrogens is 350 g/mol. The first kappa shape index (κ1) is 17.0. The summed E-state index contributed by atoms with van der Waals surface area (Å²) in [7, 11) is 0. The molecule has 7 nitrogen and oxygen atoms in total. The van der Waals surface area contributed by atoms with Crippen LogP contribution >= 0.6 is 0 Å². The summed E-state index contributed by atoms with van der Waals surface area (Å²) >= 11 is 0. The lowest BCUT2D eigenvalue weighted by atomic mass is 9.91. The summed E-state index contributed by atoms with van der Waals surface area (Å²) in [6, 6.07) is 3.65. The molecule has 1 spiro atoms. The molecule has 1 saturated carbocycles. The second-order valence-corrected chi connectivity index (χ2v) is 7.00. The van der Waals surface area contributed by atoms with Crippen molar-refractivity contribution < 1.29 is 32.6 Å². The summed E-state index contributed by atoms with van der Waals surface area (Å²) in [5.74, 6) is -1.79. The first-order chi connectivity index (χ1) is 12.4. The van der Waals surface area contributed by atoms with Gasteiger partial charge in [-0.2, -0.15) is 0 Å². The van der Waals surface area contributed by atoms with Gasteiger partial charge in [-0.3, -0.25) is 0 Å². The smallest absolute Gasteiger partial charge is 0.410 e. The summed E-state index contributed by atoms with van der Waals surface area (Å²) in [5, 5.41) is 2.70. The van der Waals surface area contributed by atoms with Gasteiger partial charge in [0.1, 0.15) is 18.2 Å². The minimum atomic E-state index is -0.900. The number of ether oxygens (including phenoxy) is 3. The Labute approximate surface area is 148 Å². The van der Waals surface area contributed by atoms with Crippen molar-refractivity contribution in [2.45, 2.75) is 37.2 Å². The van der Waals surface area contributed by atoms with Gasteiger partial charge in [0.2, 0.25) is 0 Å². The van der Waals surface area contributed by atoms with Crippen LogP contribution in [-0.2, 0) is 20.8 Å². The van der Waals surface area contributed by atoms with Crippen molar-refractivity contribution in [2.24, 2.45) is 0 Å². The molecule has 1 aromatic carbocycles. The number of halogens is 2. The third-order valence-corrected chi connectivity index (χ3v) is 4.88. The van der Waals surface area contributed by atoms with Crippen molar-refractivity contribution in [2.75, 3.05) is 19.7 Å². The van der Waals surface area contributed by atoms with Crippen LogP contribution in [0.25, 0.3) is 0 Å². The van der Waals surface area contributed by atoms with Crippen molar-refractivity contribution in [3.8, 4) is 0 Å². The molecule has 2 saturated heterocycles. The normalized spacial score (nSPS) is 25.9. The molecule has 140 valence electrons. The van der Waals surface area contributed by atoms with Gasteiger partial charge in [0.15, 0.2) is 11.6 Å². The minimum Gasteiger partial charge on any atom is -0.447 e. The quantitative estimate of drug-likeness (QED) is 0.879. The second kappa shape index (κ2) is 6.39. The van der Waals surface area contributed by atoms with Gasteiger partial charge in [0, 0.05) is 12.8 Å². The first-order valence-electron chi connectivity index (χ1n) is 8.38. The summed E-state index contributed by atoms with van der Waals surface area (Å²) < 4.78 is 41.8. The topological polar surface area (TPSA) is 77.1 Å². The van der Waals surface area contributed by atoms with E-state index in [2.05, 4.69) is 5.32 Å². The highest BCUT2D eigenvalue weighted by atomic mass is 19.2. The van der Waals surface area contributed by atoms with Gasteiger partial charge in [-0.1, -0.05) is 6.07 Å². The van der Waals surface area contributed by atoms with Crippen LogP contribution in [-0.4, -0.2) is 54.5 Å². The number of hydrogen-bond acceptors (Lipinski definition) is 5. The Morgan fingerprint density at radius 3 is 2.69 bits per heavy atom. The maximum Gasteiger partial charge on any atom is 0.410 e. The summed E-state index contributed by atoms with van der Waals surface area (Å²) in [5.41, 5.74) is 0.0854. The zero-order chi connectivity index (χ0) is 18.3. The lowest BCUT2D eigenvalue weighted by Gasteiger charge is -2.46. The standard InChI is InChI=1S/C17H18F2N2O5/c18-13-2-1-10(3-14(13)19)6-24-11-4-12(5-11)26-16(23)21-7-17(8-21)9-25-15(22)20-17/h1-3,11-12H,4-9H2,(H,20,22). The Morgan fingerprint density at radius 2 is 2.04 bits per heavy atom. The largest absolute Gasteiger partial charge is 0.447 e. The molecular formula is C17H18F2N2O5. The molecule has 3 fully saturated rings. The first-order valence-corrected chi connectivity index (χ1v) is 8.38. The van der Waals surface area contributed by atoms with E-state index < -0.39 is 29.4 Å². The Morgan fingerprint density at radius 1 is 1.27 bits per heavy atom. The molecule has 0 bridgehead atoms. The van der Waals surface area contributed by atoms with Crippen LogP contribution in [0.15, 0.2) is 18.2 Å². The molecule has 1 aromatic rings. The number of benzene rings is 1. The number of rotatable bonds is 4. The predicted octanol–water partition coefficient (Wildman–Crippen LogP) is 1.94. The Kier molecular flexibility index (Phi) is 4.18. The Balaban J connectivity index is 1.15. The third kappa shape index (κ3) is 3.31. The Bertz CT molecular complexity index is 732. The fraction of sp³-hybridized carbons (Fsp3) is 0.529. The number of nitrogens with zero attached hydrogens (tertiary/aromatic N) is 1. The highest BCUT2D eigenvalue weighted by molar-refractivity contribution is 5.74. The molecule has 2 amide bonds. The number of carbonyl (C=O) groups excluding carboxylic acids is 2. The van der Waals surface area contributed by atoms with E-state index >= 15 is 0 Å². The van der Waals surface area contributed by atoms with E-state index in [0.29, 0.717) is 31.5 Å². The molecule has 2 heterocycles. The third-order valence-electron chi connectivity index (χ3n) is 4.88. The van der Waals surface area contributed by atoms with Gasteiger partial charge in [-0.25, -0.2) is 18.4 Å². The molecule has 2 aliphatic heterocycles. The van der Waals surface area contributed by atoms with Crippen LogP contribution < -0.4 is 5.32 Å². The molecule has 1 N–H and O–H groups in total. The molecule has 0 atom stereocenters. The summed E-state index contributed by atoms with van der Waals surface area (Å²) in [4.78, 5) is 24.6. The van der Waals surface area contributed by atoms with E-state index in [-0.39, 0.29) is 25.4 Å². The molecule has 0 aromatic heterocycles. The van der Waals surface area contributed by atoms with E-state index in [1.165, 1.54) is 11.0 Å². The zero-order valence-electron chi connectivity index (χ0n) is 13.9. The zero-order valence-corrected chi connectivity index (χ0v) is 13.9. The fourth-order valence-electron chi connectivity index (χ4n) is 3.29. The number of amides is 2. The molecule has 9 heteroatoms. The summed E-state index contributed by atoms with van der Waals surface area (Å²) in [6.45, 7) is 1.19. The van der Waals surface area contributed by atoms with E-state index in [1.54, 1.807) is 0 Å². The van der Waals surface area contributed by atoms with Gasteiger partial charge < -0.3 is 24.4 Å². The van der Waals surface area contributed by atoms with Crippen LogP contribution in [0.3, 0.4) is 0 Å². The van der Waals surface area contributed by atoms with Crippen molar-refractivity contribution in [3.05, 3.63) is 35.4 Å². The Hall–Kier alpha value is -2.42. The molecule has 26 heavy (non-hydrogen) atoms. The van der Waals surface area contributed by atoms with Crippen LogP contribution in [0.1, 0.15) is 18.4 Å². The molecule has 3 aliphatic rings. The number of cyclic esters (lactones) is 1. The van der Waals surface area contributed by atoms with Crippen LogP contribution in [0.2, 0.25) is 0 Å². The average molecular weight is 368 g/mol. The van der Waals surface area contributed by atoms with Crippen molar-refractivity contribution in [3.63, 3.8) is 0 Å². The fourth-order valence-corrected chi connectivity index (χ4v) is 3.29. The van der Waals surface area contributed by atoms with Crippen LogP contribution in [0, 0.1) is 11.6 Å². The minimum absolute atomic E-state index is 0.0776. The van der Waals surface area contributed by atoms with Crippen LogP contribution in [0.4, 0.5) is 18.4 Å². The van der Waals surface area contributed by atoms with Gasteiger partial charge in [0.25, 0.3) is 0 Å². The number of alkyl carbamates (subject to hydrolysis) is 1. The van der Waals surface area contributed by atoms with E-state index in [0.717, 1.165) is 12.1 Å². The monoisotopic (exact) mass is 368 g/mol. The maximum absolute atomic E-state index is 13.1. The number of nitrogens with one attached hydrogen (secondary N) is 1. The van der Waals surface area contributed by atoms with Gasteiger partial charge in [-0.15, -0.1) is 0 Å². The summed E-state index contributed by atoms with van der Waals surface area (Å²) in [6.07, 6.45) is -0.0453. The van der Waals surface area contributed by atoms with Crippen LogP contribution in [0.5, 0.6) is 0 Å². The average Bonchev–Trinajstić information content (AvgIpc) is 2.93. The van der Waals surface area contributed by atoms with Crippen molar-refractivity contribution in [1.82, 2.24) is 10.2 Å². The van der Waals surface area contributed by atoms with Crippen molar-refractivity contribution >= 4 is 12.2 Å².